The minimum atomic E-state index is -2.97. The molecule has 1 saturated carbocycles. The fourth-order valence-electron chi connectivity index (χ4n) is 4.52. The summed E-state index contributed by atoms with van der Waals surface area (Å²) in [7, 11) is -1.31. The molecule has 0 radical (unpaired) electrons. The Morgan fingerprint density at radius 3 is 2.54 bits per heavy atom. The molecular formula is C30H34F2IN3O4Si. The van der Waals surface area contributed by atoms with Crippen LogP contribution in [0, 0.1) is 9.49 Å². The summed E-state index contributed by atoms with van der Waals surface area (Å²) in [5.41, 5.74) is 2.87. The Bertz CT molecular complexity index is 1570. The Morgan fingerprint density at radius 2 is 1.85 bits per heavy atom. The van der Waals surface area contributed by atoms with Gasteiger partial charge in [-0.2, -0.15) is 13.9 Å². The Morgan fingerprint density at radius 1 is 1.10 bits per heavy atom. The first kappa shape index (κ1) is 29.7. The average Bonchev–Trinajstić information content (AvgIpc) is 3.71. The summed E-state index contributed by atoms with van der Waals surface area (Å²) in [6, 6.07) is 15.6. The van der Waals surface area contributed by atoms with Crippen molar-refractivity contribution >= 4 is 41.6 Å². The zero-order chi connectivity index (χ0) is 29.1. The van der Waals surface area contributed by atoms with Gasteiger partial charge in [-0.3, -0.25) is 4.79 Å². The molecule has 41 heavy (non-hydrogen) atoms. The van der Waals surface area contributed by atoms with Gasteiger partial charge in [0, 0.05) is 20.2 Å². The lowest BCUT2D eigenvalue weighted by molar-refractivity contribution is -0.0515. The van der Waals surface area contributed by atoms with Crippen LogP contribution in [0.4, 0.5) is 8.78 Å². The second-order valence-corrected chi connectivity index (χ2v) is 18.3. The molecule has 1 aliphatic carbocycles. The number of rotatable bonds is 13. The molecule has 0 spiro atoms. The van der Waals surface area contributed by atoms with Gasteiger partial charge in [0.25, 0.3) is 5.56 Å². The van der Waals surface area contributed by atoms with Crippen molar-refractivity contribution in [3.8, 4) is 22.8 Å². The lowest BCUT2D eigenvalue weighted by atomic mass is 10.1. The largest absolute Gasteiger partial charge is 0.489 e. The van der Waals surface area contributed by atoms with E-state index in [1.54, 1.807) is 18.3 Å². The van der Waals surface area contributed by atoms with Gasteiger partial charge >= 0.3 is 6.61 Å². The maximum absolute atomic E-state index is 13.8. The molecule has 2 aromatic heterocycles. The number of fused-ring (bicyclic) bond motifs is 1. The van der Waals surface area contributed by atoms with Crippen molar-refractivity contribution < 1.29 is 23.0 Å². The Hall–Kier alpha value is -2.77. The molecule has 0 N–H and O–H groups in total. The molecule has 1 fully saturated rings. The van der Waals surface area contributed by atoms with E-state index in [9.17, 15) is 13.6 Å². The molecule has 7 nitrogen and oxygen atoms in total. The highest BCUT2D eigenvalue weighted by Crippen LogP contribution is 2.39. The molecule has 0 unspecified atom stereocenters. The van der Waals surface area contributed by atoms with Gasteiger partial charge in [0.15, 0.2) is 11.5 Å². The van der Waals surface area contributed by atoms with Gasteiger partial charge in [0.2, 0.25) is 0 Å². The van der Waals surface area contributed by atoms with E-state index in [1.165, 1.54) is 10.7 Å². The van der Waals surface area contributed by atoms with Crippen molar-refractivity contribution in [1.82, 2.24) is 14.3 Å². The molecule has 2 aromatic carbocycles. The van der Waals surface area contributed by atoms with Gasteiger partial charge < -0.3 is 18.8 Å². The van der Waals surface area contributed by atoms with Crippen LogP contribution in [0.3, 0.4) is 0 Å². The molecule has 0 saturated heterocycles. The number of benzene rings is 2. The van der Waals surface area contributed by atoms with Gasteiger partial charge in [0.1, 0.15) is 6.73 Å². The standard InChI is InChI=1S/C30H34F2IN3O4Si/c1-41(2,3)14-13-38-19-35-23-16-34-36(17-20-7-5-4-6-8-20)29(37)26(23)27(33)28(35)22-11-12-24(40-30(31)32)25(15-22)39-18-21-9-10-21/h4-8,11-12,15-16,21,30H,9-10,13-14,17-19H2,1-3H3. The molecule has 0 amide bonds. The number of hydrogen-bond acceptors (Lipinski definition) is 5. The van der Waals surface area contributed by atoms with Crippen LogP contribution in [0.15, 0.2) is 59.5 Å². The molecule has 5 rings (SSSR count). The van der Waals surface area contributed by atoms with E-state index in [-0.39, 0.29) is 23.8 Å². The van der Waals surface area contributed by atoms with Crippen LogP contribution in [0.5, 0.6) is 11.5 Å². The predicted octanol–water partition coefficient (Wildman–Crippen LogP) is 7.22. The Balaban J connectivity index is 1.58. The maximum Gasteiger partial charge on any atom is 0.387 e. The van der Waals surface area contributed by atoms with E-state index < -0.39 is 14.7 Å². The molecule has 11 heteroatoms. The van der Waals surface area contributed by atoms with Crippen LogP contribution >= 0.6 is 22.6 Å². The number of hydrogen-bond donors (Lipinski definition) is 0. The van der Waals surface area contributed by atoms with Gasteiger partial charge in [-0.25, -0.2) is 4.68 Å². The highest BCUT2D eigenvalue weighted by molar-refractivity contribution is 14.1. The summed E-state index contributed by atoms with van der Waals surface area (Å²) in [5.74, 6) is 0.667. The highest BCUT2D eigenvalue weighted by Gasteiger charge is 2.25. The molecule has 4 aromatic rings. The second kappa shape index (κ2) is 12.6. The number of alkyl halides is 2. The number of halogens is 3. The highest BCUT2D eigenvalue weighted by atomic mass is 127. The summed E-state index contributed by atoms with van der Waals surface area (Å²) >= 11 is 2.19. The summed E-state index contributed by atoms with van der Waals surface area (Å²) in [6.07, 6.45) is 3.83. The van der Waals surface area contributed by atoms with Crippen molar-refractivity contribution in [3.05, 3.63) is 74.2 Å². The van der Waals surface area contributed by atoms with E-state index in [1.807, 2.05) is 34.9 Å². The van der Waals surface area contributed by atoms with Crippen LogP contribution in [0.25, 0.3) is 22.2 Å². The van der Waals surface area contributed by atoms with Crippen molar-refractivity contribution in [3.63, 3.8) is 0 Å². The number of ether oxygens (including phenoxy) is 3. The van der Waals surface area contributed by atoms with E-state index in [0.29, 0.717) is 42.1 Å². The molecule has 0 aliphatic heterocycles. The third-order valence-corrected chi connectivity index (χ3v) is 9.76. The fourth-order valence-corrected chi connectivity index (χ4v) is 6.39. The Kier molecular flexibility index (Phi) is 9.14. The van der Waals surface area contributed by atoms with E-state index in [4.69, 9.17) is 14.2 Å². The molecular weight excluding hydrogens is 659 g/mol. The molecule has 1 aliphatic rings. The average molecular weight is 694 g/mol. The van der Waals surface area contributed by atoms with Crippen molar-refractivity contribution in [2.45, 2.75) is 58.4 Å². The monoisotopic (exact) mass is 693 g/mol. The molecule has 2 heterocycles. The summed E-state index contributed by atoms with van der Waals surface area (Å²) in [4.78, 5) is 13.8. The van der Waals surface area contributed by atoms with E-state index in [2.05, 4.69) is 47.3 Å². The lowest BCUT2D eigenvalue weighted by Crippen LogP contribution is -2.24. The zero-order valence-corrected chi connectivity index (χ0v) is 26.6. The minimum absolute atomic E-state index is 0.0136. The molecule has 0 atom stereocenters. The molecule has 0 bridgehead atoms. The minimum Gasteiger partial charge on any atom is -0.489 e. The third-order valence-electron chi connectivity index (χ3n) is 7.01. The maximum atomic E-state index is 13.8. The smallest absolute Gasteiger partial charge is 0.387 e. The second-order valence-electron chi connectivity index (χ2n) is 11.6. The normalized spacial score (nSPS) is 13.7. The van der Waals surface area contributed by atoms with E-state index >= 15 is 0 Å². The van der Waals surface area contributed by atoms with Crippen LogP contribution in [-0.4, -0.2) is 42.2 Å². The van der Waals surface area contributed by atoms with Crippen molar-refractivity contribution in [2.24, 2.45) is 5.92 Å². The first-order chi connectivity index (χ1) is 19.6. The fraction of sp³-hybridized carbons (Fsp3) is 0.400. The predicted molar refractivity (Wildman–Crippen MR) is 167 cm³/mol. The lowest BCUT2D eigenvalue weighted by Gasteiger charge is -2.18. The van der Waals surface area contributed by atoms with Crippen molar-refractivity contribution in [1.29, 1.82) is 0 Å². The first-order valence-corrected chi connectivity index (χ1v) is 18.5. The topological polar surface area (TPSA) is 67.5 Å². The van der Waals surface area contributed by atoms with Crippen LogP contribution in [0.2, 0.25) is 25.7 Å². The zero-order valence-electron chi connectivity index (χ0n) is 23.4. The van der Waals surface area contributed by atoms with Gasteiger partial charge in [-0.05, 0) is 71.2 Å². The van der Waals surface area contributed by atoms with Gasteiger partial charge in [0.05, 0.1) is 39.5 Å². The van der Waals surface area contributed by atoms with E-state index in [0.717, 1.165) is 33.7 Å². The number of aromatic nitrogens is 3. The Labute approximate surface area is 252 Å². The van der Waals surface area contributed by atoms with Crippen LogP contribution in [0.1, 0.15) is 18.4 Å². The van der Waals surface area contributed by atoms with Crippen molar-refractivity contribution in [2.75, 3.05) is 13.2 Å². The third kappa shape index (κ3) is 7.36. The van der Waals surface area contributed by atoms with Gasteiger partial charge in [-0.15, -0.1) is 0 Å². The quantitative estimate of drug-likeness (QED) is 0.0841. The van der Waals surface area contributed by atoms with Crippen LogP contribution in [-0.2, 0) is 18.0 Å². The molecule has 218 valence electrons. The first-order valence-electron chi connectivity index (χ1n) is 13.7. The van der Waals surface area contributed by atoms with Gasteiger partial charge in [-0.1, -0.05) is 50.0 Å². The van der Waals surface area contributed by atoms with Crippen LogP contribution < -0.4 is 15.0 Å². The number of nitrogens with zero attached hydrogens (tertiary/aromatic N) is 3. The summed E-state index contributed by atoms with van der Waals surface area (Å²) in [6.45, 7) is 5.51. The SMILES string of the molecule is C[Si](C)(C)CCOCn1c(-c2ccc(OC(F)F)c(OCC3CC3)c2)c(I)c2c(=O)n(Cc3ccccc3)ncc21. The summed E-state index contributed by atoms with van der Waals surface area (Å²) < 4.78 is 47.3. The summed E-state index contributed by atoms with van der Waals surface area (Å²) in [5, 5.41) is 5.04.